The van der Waals surface area contributed by atoms with Gasteiger partial charge in [0.1, 0.15) is 0 Å². The van der Waals surface area contributed by atoms with Crippen LogP contribution in [0.5, 0.6) is 0 Å². The van der Waals surface area contributed by atoms with Gasteiger partial charge in [-0.1, -0.05) is 24.3 Å². The van der Waals surface area contributed by atoms with Crippen molar-refractivity contribution < 1.29 is 0 Å². The third-order valence-electron chi connectivity index (χ3n) is 2.21. The normalized spacial score (nSPS) is 9.94. The van der Waals surface area contributed by atoms with Gasteiger partial charge in [0, 0.05) is 11.9 Å². The second-order valence-corrected chi connectivity index (χ2v) is 3.35. The van der Waals surface area contributed by atoms with E-state index in [1.807, 2.05) is 54.6 Å². The lowest BCUT2D eigenvalue weighted by atomic mass is 10.2. The van der Waals surface area contributed by atoms with Gasteiger partial charge in [-0.2, -0.15) is 0 Å². The molecule has 0 bridgehead atoms. The maximum Gasteiger partial charge on any atom is 0.0629 e. The van der Waals surface area contributed by atoms with Crippen LogP contribution >= 0.6 is 12.4 Å². The van der Waals surface area contributed by atoms with E-state index < -0.39 is 0 Å². The summed E-state index contributed by atoms with van der Waals surface area (Å²) in [4.78, 5) is 4.21. The Hall–Kier alpha value is -1.84. The SMILES string of the molecule is Cl.NNc1ccc(/C=C/c2ccccn2)cc1. The zero-order chi connectivity index (χ0) is 11.2. The van der Waals surface area contributed by atoms with Crippen molar-refractivity contribution in [2.75, 3.05) is 5.43 Å². The number of rotatable bonds is 3. The molecule has 2 aromatic rings. The minimum atomic E-state index is 0. The van der Waals surface area contributed by atoms with E-state index in [4.69, 9.17) is 5.84 Å². The molecule has 3 N–H and O–H groups in total. The Balaban J connectivity index is 0.00000144. The molecule has 17 heavy (non-hydrogen) atoms. The molecule has 0 atom stereocenters. The van der Waals surface area contributed by atoms with E-state index in [2.05, 4.69) is 10.4 Å². The zero-order valence-corrected chi connectivity index (χ0v) is 10.0. The molecule has 0 amide bonds. The molecule has 0 spiro atoms. The smallest absolute Gasteiger partial charge is 0.0629 e. The van der Waals surface area contributed by atoms with E-state index in [1.54, 1.807) is 6.20 Å². The molecule has 0 unspecified atom stereocenters. The van der Waals surface area contributed by atoms with Crippen LogP contribution in [0.1, 0.15) is 11.3 Å². The third kappa shape index (κ3) is 3.90. The van der Waals surface area contributed by atoms with Crippen LogP contribution in [0.3, 0.4) is 0 Å². The first-order valence-corrected chi connectivity index (χ1v) is 5.04. The van der Waals surface area contributed by atoms with E-state index >= 15 is 0 Å². The molecule has 0 aliphatic rings. The summed E-state index contributed by atoms with van der Waals surface area (Å²) in [5.41, 5.74) is 5.55. The summed E-state index contributed by atoms with van der Waals surface area (Å²) >= 11 is 0. The van der Waals surface area contributed by atoms with E-state index in [9.17, 15) is 0 Å². The number of hydrogen-bond acceptors (Lipinski definition) is 3. The fraction of sp³-hybridized carbons (Fsp3) is 0. The predicted octanol–water partition coefficient (Wildman–Crippen LogP) is 2.96. The first-order chi connectivity index (χ1) is 7.88. The molecule has 0 aliphatic carbocycles. The topological polar surface area (TPSA) is 50.9 Å². The quantitative estimate of drug-likeness (QED) is 0.648. The number of nitrogens with zero attached hydrogens (tertiary/aromatic N) is 1. The molecule has 0 radical (unpaired) electrons. The molecule has 2 rings (SSSR count). The number of nitrogen functional groups attached to an aromatic ring is 1. The summed E-state index contributed by atoms with van der Waals surface area (Å²) in [7, 11) is 0. The number of pyridine rings is 1. The minimum Gasteiger partial charge on any atom is -0.324 e. The molecule has 1 heterocycles. The van der Waals surface area contributed by atoms with Gasteiger partial charge in [-0.15, -0.1) is 12.4 Å². The molecule has 0 saturated heterocycles. The highest BCUT2D eigenvalue weighted by atomic mass is 35.5. The van der Waals surface area contributed by atoms with E-state index in [0.717, 1.165) is 16.9 Å². The summed E-state index contributed by atoms with van der Waals surface area (Å²) < 4.78 is 0. The molecule has 0 saturated carbocycles. The van der Waals surface area contributed by atoms with Crippen LogP contribution in [-0.2, 0) is 0 Å². The van der Waals surface area contributed by atoms with Gasteiger partial charge in [-0.3, -0.25) is 10.8 Å². The zero-order valence-electron chi connectivity index (χ0n) is 9.21. The molecule has 4 heteroatoms. The molecular formula is C13H14ClN3. The van der Waals surface area contributed by atoms with Crippen LogP contribution in [-0.4, -0.2) is 4.98 Å². The Labute approximate surface area is 107 Å². The number of benzene rings is 1. The van der Waals surface area contributed by atoms with E-state index in [0.29, 0.717) is 0 Å². The van der Waals surface area contributed by atoms with Gasteiger partial charge >= 0.3 is 0 Å². The lowest BCUT2D eigenvalue weighted by molar-refractivity contribution is 1.30. The lowest BCUT2D eigenvalue weighted by Gasteiger charge is -1.99. The average molecular weight is 248 g/mol. The van der Waals surface area contributed by atoms with Crippen LogP contribution in [0.2, 0.25) is 0 Å². The highest BCUT2D eigenvalue weighted by Crippen LogP contribution is 2.10. The van der Waals surface area contributed by atoms with Gasteiger partial charge in [0.15, 0.2) is 0 Å². The van der Waals surface area contributed by atoms with Crippen LogP contribution in [0.15, 0.2) is 48.7 Å². The first-order valence-electron chi connectivity index (χ1n) is 5.04. The average Bonchev–Trinajstić information content (AvgIpc) is 2.38. The van der Waals surface area contributed by atoms with Crippen molar-refractivity contribution in [3.8, 4) is 0 Å². The molecule has 0 aliphatic heterocycles. The van der Waals surface area contributed by atoms with Gasteiger partial charge in [-0.25, -0.2) is 0 Å². The van der Waals surface area contributed by atoms with Gasteiger partial charge < -0.3 is 5.43 Å². The summed E-state index contributed by atoms with van der Waals surface area (Å²) in [6.45, 7) is 0. The Kier molecular flexibility index (Phi) is 5.20. The third-order valence-corrected chi connectivity index (χ3v) is 2.21. The van der Waals surface area contributed by atoms with Gasteiger partial charge in [0.25, 0.3) is 0 Å². The summed E-state index contributed by atoms with van der Waals surface area (Å²) in [6, 6.07) is 13.7. The number of hydrogen-bond donors (Lipinski definition) is 2. The predicted molar refractivity (Wildman–Crippen MR) is 74.7 cm³/mol. The maximum atomic E-state index is 5.29. The van der Waals surface area contributed by atoms with Crippen LogP contribution in [0, 0.1) is 0 Å². The summed E-state index contributed by atoms with van der Waals surface area (Å²) in [6.07, 6.45) is 5.77. The molecular weight excluding hydrogens is 234 g/mol. The maximum absolute atomic E-state index is 5.29. The highest BCUT2D eigenvalue weighted by molar-refractivity contribution is 5.85. The van der Waals surface area contributed by atoms with Gasteiger partial charge in [-0.05, 0) is 35.9 Å². The Bertz CT molecular complexity index is 466. The number of halogens is 1. The summed E-state index contributed by atoms with van der Waals surface area (Å²) in [5.74, 6) is 5.29. The Morgan fingerprint density at radius 3 is 2.35 bits per heavy atom. The number of nitrogens with two attached hydrogens (primary N) is 1. The largest absolute Gasteiger partial charge is 0.324 e. The number of nitrogens with one attached hydrogen (secondary N) is 1. The highest BCUT2D eigenvalue weighted by Gasteiger charge is 1.89. The van der Waals surface area contributed by atoms with Gasteiger partial charge in [0.2, 0.25) is 0 Å². The fourth-order valence-corrected chi connectivity index (χ4v) is 1.35. The van der Waals surface area contributed by atoms with Crippen molar-refractivity contribution in [2.24, 2.45) is 5.84 Å². The number of anilines is 1. The van der Waals surface area contributed by atoms with Crippen molar-refractivity contribution in [3.05, 3.63) is 59.9 Å². The van der Waals surface area contributed by atoms with Crippen molar-refractivity contribution in [1.82, 2.24) is 4.98 Å². The minimum absolute atomic E-state index is 0. The van der Waals surface area contributed by atoms with Gasteiger partial charge in [0.05, 0.1) is 5.69 Å². The Morgan fingerprint density at radius 2 is 1.76 bits per heavy atom. The lowest BCUT2D eigenvalue weighted by Crippen LogP contribution is -2.05. The standard InChI is InChI=1S/C13H13N3.ClH/c14-16-13-8-5-11(6-9-13)4-7-12-3-1-2-10-15-12;/h1-10,16H,14H2;1H/b7-4+;. The second kappa shape index (κ2) is 6.68. The number of aromatic nitrogens is 1. The second-order valence-electron chi connectivity index (χ2n) is 3.35. The molecule has 1 aromatic heterocycles. The van der Waals surface area contributed by atoms with Crippen LogP contribution in [0.4, 0.5) is 5.69 Å². The first kappa shape index (κ1) is 13.2. The monoisotopic (exact) mass is 247 g/mol. The molecule has 88 valence electrons. The fourth-order valence-electron chi connectivity index (χ4n) is 1.35. The van der Waals surface area contributed by atoms with Crippen molar-refractivity contribution in [1.29, 1.82) is 0 Å². The molecule has 1 aromatic carbocycles. The number of hydrazine groups is 1. The molecule has 3 nitrogen and oxygen atoms in total. The van der Waals surface area contributed by atoms with Crippen LogP contribution in [0.25, 0.3) is 12.2 Å². The van der Waals surface area contributed by atoms with E-state index in [-0.39, 0.29) is 12.4 Å². The van der Waals surface area contributed by atoms with E-state index in [1.165, 1.54) is 0 Å². The molecule has 0 fully saturated rings. The van der Waals surface area contributed by atoms with Crippen molar-refractivity contribution in [2.45, 2.75) is 0 Å². The summed E-state index contributed by atoms with van der Waals surface area (Å²) in [5, 5.41) is 0. The van der Waals surface area contributed by atoms with Crippen LogP contribution < -0.4 is 11.3 Å². The van der Waals surface area contributed by atoms with Crippen molar-refractivity contribution in [3.63, 3.8) is 0 Å². The van der Waals surface area contributed by atoms with Crippen molar-refractivity contribution >= 4 is 30.2 Å². The Morgan fingerprint density at radius 1 is 1.00 bits per heavy atom.